The van der Waals surface area contributed by atoms with Gasteiger partial charge in [0, 0.05) is 47.5 Å². The van der Waals surface area contributed by atoms with Crippen LogP contribution in [0.4, 0.5) is 5.82 Å². The van der Waals surface area contributed by atoms with Gasteiger partial charge in [-0.25, -0.2) is 9.98 Å². The van der Waals surface area contributed by atoms with Crippen LogP contribution in [-0.4, -0.2) is 74.2 Å². The summed E-state index contributed by atoms with van der Waals surface area (Å²) in [5, 5.41) is 0. The summed E-state index contributed by atoms with van der Waals surface area (Å²) in [5.41, 5.74) is 1.12. The molecule has 1 saturated heterocycles. The van der Waals surface area contributed by atoms with Gasteiger partial charge >= 0.3 is 0 Å². The number of pyridine rings is 1. The molecule has 1 aromatic rings. The third kappa shape index (κ3) is 5.77. The molecule has 0 aromatic carbocycles. The van der Waals surface area contributed by atoms with Gasteiger partial charge in [-0.2, -0.15) is 0 Å². The summed E-state index contributed by atoms with van der Waals surface area (Å²) in [6, 6.07) is 4.19. The summed E-state index contributed by atoms with van der Waals surface area (Å²) in [6.45, 7) is 6.63. The van der Waals surface area contributed by atoms with Crippen molar-refractivity contribution in [1.29, 1.82) is 0 Å². The highest BCUT2D eigenvalue weighted by atomic mass is 127. The van der Waals surface area contributed by atoms with Crippen molar-refractivity contribution in [1.82, 2.24) is 14.8 Å². The fourth-order valence-corrected chi connectivity index (χ4v) is 2.91. The van der Waals surface area contributed by atoms with E-state index in [9.17, 15) is 0 Å². The van der Waals surface area contributed by atoms with E-state index in [4.69, 9.17) is 4.74 Å². The number of morpholine rings is 1. The molecule has 0 bridgehead atoms. The van der Waals surface area contributed by atoms with Gasteiger partial charge in [0.15, 0.2) is 5.96 Å². The smallest absolute Gasteiger partial charge is 0.195 e. The Balaban J connectivity index is 0.00000288. The van der Waals surface area contributed by atoms with Crippen LogP contribution in [-0.2, 0) is 11.3 Å². The normalized spacial score (nSPS) is 20.2. The Kier molecular flexibility index (Phi) is 8.21. The third-order valence-electron chi connectivity index (χ3n) is 3.76. The third-order valence-corrected chi connectivity index (χ3v) is 3.76. The quantitative estimate of drug-likeness (QED) is 0.404. The Hall–Kier alpha value is -1.09. The first-order valence-electron chi connectivity index (χ1n) is 8.11. The molecule has 0 amide bonds. The molecule has 2 unspecified atom stereocenters. The first kappa shape index (κ1) is 21.0. The summed E-state index contributed by atoms with van der Waals surface area (Å²) in [7, 11) is 8.00. The topological polar surface area (TPSA) is 44.2 Å². The Bertz CT molecular complexity index is 512. The van der Waals surface area contributed by atoms with Gasteiger partial charge in [0.1, 0.15) is 5.82 Å². The van der Waals surface area contributed by atoms with E-state index in [-0.39, 0.29) is 36.2 Å². The van der Waals surface area contributed by atoms with Crippen LogP contribution in [0.5, 0.6) is 0 Å². The number of anilines is 1. The predicted molar refractivity (Wildman–Crippen MR) is 110 cm³/mol. The Morgan fingerprint density at radius 2 is 1.75 bits per heavy atom. The molecular weight excluding hydrogens is 417 g/mol. The highest BCUT2D eigenvalue weighted by Crippen LogP contribution is 2.18. The second kappa shape index (κ2) is 9.41. The van der Waals surface area contributed by atoms with Gasteiger partial charge in [0.25, 0.3) is 0 Å². The van der Waals surface area contributed by atoms with Crippen molar-refractivity contribution in [3.05, 3.63) is 23.9 Å². The Morgan fingerprint density at radius 1 is 1.17 bits per heavy atom. The van der Waals surface area contributed by atoms with Crippen molar-refractivity contribution in [3.63, 3.8) is 0 Å². The average molecular weight is 447 g/mol. The molecule has 2 atom stereocenters. The highest BCUT2D eigenvalue weighted by molar-refractivity contribution is 14.0. The molecule has 1 aromatic heterocycles. The van der Waals surface area contributed by atoms with Crippen molar-refractivity contribution in [3.8, 4) is 0 Å². The lowest BCUT2D eigenvalue weighted by atomic mass is 10.2. The van der Waals surface area contributed by atoms with Crippen LogP contribution < -0.4 is 4.90 Å². The average Bonchev–Trinajstić information content (AvgIpc) is 2.46. The Morgan fingerprint density at radius 3 is 2.21 bits per heavy atom. The van der Waals surface area contributed by atoms with Crippen molar-refractivity contribution in [2.24, 2.45) is 4.99 Å². The maximum absolute atomic E-state index is 5.77. The molecule has 1 fully saturated rings. The number of aromatic nitrogens is 1. The lowest BCUT2D eigenvalue weighted by Crippen LogP contribution is -2.45. The van der Waals surface area contributed by atoms with Crippen molar-refractivity contribution in [2.75, 3.05) is 46.2 Å². The standard InChI is InChI=1S/C17H29N5O.HI/c1-13-11-22(12-14(2)23-13)16-8-7-15(9-18-16)10-19-17(20(3)4)21(5)6;/h7-9,13-14H,10-12H2,1-6H3;1H. The van der Waals surface area contributed by atoms with Crippen LogP contribution in [0.3, 0.4) is 0 Å². The number of rotatable bonds is 3. The summed E-state index contributed by atoms with van der Waals surface area (Å²) in [4.78, 5) is 15.6. The molecule has 7 heteroatoms. The number of ether oxygens (including phenoxy) is 1. The highest BCUT2D eigenvalue weighted by Gasteiger charge is 2.22. The van der Waals surface area contributed by atoms with E-state index in [1.54, 1.807) is 0 Å². The zero-order valence-corrected chi connectivity index (χ0v) is 17.9. The van der Waals surface area contributed by atoms with E-state index >= 15 is 0 Å². The lowest BCUT2D eigenvalue weighted by molar-refractivity contribution is -0.00545. The predicted octanol–water partition coefficient (Wildman–Crippen LogP) is 2.29. The second-order valence-corrected chi connectivity index (χ2v) is 6.59. The van der Waals surface area contributed by atoms with Gasteiger partial charge in [0.05, 0.1) is 18.8 Å². The van der Waals surface area contributed by atoms with Gasteiger partial charge < -0.3 is 19.4 Å². The molecule has 0 spiro atoms. The number of hydrogen-bond donors (Lipinski definition) is 0. The number of nitrogens with zero attached hydrogens (tertiary/aromatic N) is 5. The summed E-state index contributed by atoms with van der Waals surface area (Å²) < 4.78 is 5.77. The van der Waals surface area contributed by atoms with Crippen LogP contribution in [0.1, 0.15) is 19.4 Å². The van der Waals surface area contributed by atoms with Crippen LogP contribution in [0.2, 0.25) is 0 Å². The SMILES string of the molecule is CC1CN(c2ccc(CN=C(N(C)C)N(C)C)cn2)CC(C)O1.I. The van der Waals surface area contributed by atoms with Gasteiger partial charge in [-0.15, -0.1) is 24.0 Å². The fraction of sp³-hybridized carbons (Fsp3) is 0.647. The van der Waals surface area contributed by atoms with Crippen LogP contribution >= 0.6 is 24.0 Å². The van der Waals surface area contributed by atoms with E-state index in [2.05, 4.69) is 40.9 Å². The van der Waals surface area contributed by atoms with E-state index in [1.807, 2.05) is 44.2 Å². The van der Waals surface area contributed by atoms with Gasteiger partial charge in [0.2, 0.25) is 0 Å². The summed E-state index contributed by atoms with van der Waals surface area (Å²) >= 11 is 0. The van der Waals surface area contributed by atoms with Gasteiger partial charge in [-0.1, -0.05) is 6.07 Å². The number of halogens is 1. The fourth-order valence-electron chi connectivity index (χ4n) is 2.91. The summed E-state index contributed by atoms with van der Waals surface area (Å²) in [6.07, 6.45) is 2.41. The van der Waals surface area contributed by atoms with Gasteiger partial charge in [-0.3, -0.25) is 0 Å². The second-order valence-electron chi connectivity index (χ2n) is 6.59. The van der Waals surface area contributed by atoms with Crippen LogP contribution in [0.25, 0.3) is 0 Å². The number of hydrogen-bond acceptors (Lipinski definition) is 4. The maximum Gasteiger partial charge on any atom is 0.195 e. The first-order valence-corrected chi connectivity index (χ1v) is 8.11. The monoisotopic (exact) mass is 447 g/mol. The van der Waals surface area contributed by atoms with E-state index < -0.39 is 0 Å². The molecule has 2 heterocycles. The molecule has 2 rings (SSSR count). The molecular formula is C17H30IN5O. The lowest BCUT2D eigenvalue weighted by Gasteiger charge is -2.36. The zero-order chi connectivity index (χ0) is 17.0. The molecule has 0 N–H and O–H groups in total. The number of guanidine groups is 1. The molecule has 0 aliphatic carbocycles. The first-order chi connectivity index (χ1) is 10.9. The van der Waals surface area contributed by atoms with E-state index in [0.717, 1.165) is 30.4 Å². The van der Waals surface area contributed by atoms with Crippen LogP contribution in [0, 0.1) is 0 Å². The number of aliphatic imine (C=N–C) groups is 1. The minimum Gasteiger partial charge on any atom is -0.372 e. The van der Waals surface area contributed by atoms with Crippen molar-refractivity contribution in [2.45, 2.75) is 32.6 Å². The largest absolute Gasteiger partial charge is 0.372 e. The Labute approximate surface area is 162 Å². The minimum atomic E-state index is 0. The van der Waals surface area contributed by atoms with E-state index in [0.29, 0.717) is 6.54 Å². The molecule has 1 aliphatic rings. The summed E-state index contributed by atoms with van der Waals surface area (Å²) in [5.74, 6) is 1.96. The molecule has 0 saturated carbocycles. The molecule has 1 aliphatic heterocycles. The van der Waals surface area contributed by atoms with Gasteiger partial charge in [-0.05, 0) is 25.5 Å². The molecule has 24 heavy (non-hydrogen) atoms. The molecule has 6 nitrogen and oxygen atoms in total. The minimum absolute atomic E-state index is 0. The van der Waals surface area contributed by atoms with E-state index in [1.165, 1.54) is 0 Å². The molecule has 0 radical (unpaired) electrons. The molecule has 136 valence electrons. The van der Waals surface area contributed by atoms with Crippen LogP contribution in [0.15, 0.2) is 23.3 Å². The van der Waals surface area contributed by atoms with Crippen molar-refractivity contribution >= 4 is 35.8 Å². The maximum atomic E-state index is 5.77. The zero-order valence-electron chi connectivity index (χ0n) is 15.6. The van der Waals surface area contributed by atoms with Crippen molar-refractivity contribution < 1.29 is 4.74 Å².